The van der Waals surface area contributed by atoms with E-state index in [1.807, 2.05) is 13.0 Å². The highest BCUT2D eigenvalue weighted by atomic mass is 16.6. The van der Waals surface area contributed by atoms with Crippen molar-refractivity contribution in [3.05, 3.63) is 63.0 Å². The average molecular weight is 288 g/mol. The fraction of sp³-hybridized carbons (Fsp3) is 0.267. The van der Waals surface area contributed by atoms with Crippen molar-refractivity contribution in [2.24, 2.45) is 0 Å². The van der Waals surface area contributed by atoms with Crippen LogP contribution in [0.1, 0.15) is 25.3 Å². The van der Waals surface area contributed by atoms with Crippen LogP contribution in [0.3, 0.4) is 0 Å². The lowest BCUT2D eigenvalue weighted by Crippen LogP contribution is -2.25. The maximum atomic E-state index is 12.0. The number of benzene rings is 1. The van der Waals surface area contributed by atoms with Gasteiger partial charge in [0.2, 0.25) is 0 Å². The van der Waals surface area contributed by atoms with Crippen molar-refractivity contribution in [2.75, 3.05) is 7.11 Å². The standard InChI is InChI=1S/C15H16N2O4/c1-9-7-13(14(10(2)16-9)15(18)21-3)11-5-4-6-12(8-11)17(19)20/h4-8,13,16H,1-3H3. The highest BCUT2D eigenvalue weighted by Crippen LogP contribution is 2.33. The predicted octanol–water partition coefficient (Wildman–Crippen LogP) is 2.63. The summed E-state index contributed by atoms with van der Waals surface area (Å²) in [7, 11) is 1.32. The number of esters is 1. The summed E-state index contributed by atoms with van der Waals surface area (Å²) in [6, 6.07) is 6.29. The molecule has 0 radical (unpaired) electrons. The zero-order valence-corrected chi connectivity index (χ0v) is 12.0. The normalized spacial score (nSPS) is 17.9. The van der Waals surface area contributed by atoms with Crippen LogP contribution in [0.4, 0.5) is 5.69 Å². The summed E-state index contributed by atoms with van der Waals surface area (Å²) in [6.07, 6.45) is 1.86. The number of rotatable bonds is 3. The van der Waals surface area contributed by atoms with Gasteiger partial charge in [-0.15, -0.1) is 0 Å². The van der Waals surface area contributed by atoms with E-state index in [9.17, 15) is 14.9 Å². The highest BCUT2D eigenvalue weighted by molar-refractivity contribution is 5.92. The molecule has 1 unspecified atom stereocenters. The van der Waals surface area contributed by atoms with Crippen LogP contribution in [-0.2, 0) is 9.53 Å². The summed E-state index contributed by atoms with van der Waals surface area (Å²) >= 11 is 0. The maximum Gasteiger partial charge on any atom is 0.336 e. The second-order valence-electron chi connectivity index (χ2n) is 4.83. The molecular formula is C15H16N2O4. The predicted molar refractivity (Wildman–Crippen MR) is 77.4 cm³/mol. The Bertz CT molecular complexity index is 661. The van der Waals surface area contributed by atoms with Crippen LogP contribution in [0.5, 0.6) is 0 Å². The first-order valence-electron chi connectivity index (χ1n) is 6.43. The average Bonchev–Trinajstić information content (AvgIpc) is 2.45. The minimum absolute atomic E-state index is 0.000968. The monoisotopic (exact) mass is 288 g/mol. The fourth-order valence-electron chi connectivity index (χ4n) is 2.46. The van der Waals surface area contributed by atoms with Gasteiger partial charge in [-0.25, -0.2) is 4.79 Å². The van der Waals surface area contributed by atoms with Gasteiger partial charge in [-0.05, 0) is 19.4 Å². The minimum Gasteiger partial charge on any atom is -0.466 e. The second kappa shape index (κ2) is 5.78. The van der Waals surface area contributed by atoms with Crippen LogP contribution in [0.15, 0.2) is 47.3 Å². The number of nitrogens with zero attached hydrogens (tertiary/aromatic N) is 1. The zero-order chi connectivity index (χ0) is 15.6. The van der Waals surface area contributed by atoms with E-state index in [4.69, 9.17) is 4.74 Å². The molecule has 0 saturated carbocycles. The van der Waals surface area contributed by atoms with Crippen LogP contribution in [0, 0.1) is 10.1 Å². The van der Waals surface area contributed by atoms with E-state index in [1.165, 1.54) is 19.2 Å². The summed E-state index contributed by atoms with van der Waals surface area (Å²) in [4.78, 5) is 22.5. The largest absolute Gasteiger partial charge is 0.466 e. The van der Waals surface area contributed by atoms with Crippen molar-refractivity contribution in [3.63, 3.8) is 0 Å². The SMILES string of the molecule is COC(=O)C1=C(C)NC(C)=CC1c1cccc([N+](=O)[O-])c1. The topological polar surface area (TPSA) is 81.5 Å². The molecule has 1 N–H and O–H groups in total. The lowest BCUT2D eigenvalue weighted by atomic mass is 9.86. The van der Waals surface area contributed by atoms with Crippen molar-refractivity contribution < 1.29 is 14.5 Å². The first-order chi connectivity index (χ1) is 9.93. The Morgan fingerprint density at radius 3 is 2.71 bits per heavy atom. The number of hydrogen-bond acceptors (Lipinski definition) is 5. The van der Waals surface area contributed by atoms with Crippen molar-refractivity contribution >= 4 is 11.7 Å². The van der Waals surface area contributed by atoms with Crippen LogP contribution in [0.2, 0.25) is 0 Å². The Hall–Kier alpha value is -2.63. The molecule has 0 aliphatic carbocycles. The van der Waals surface area contributed by atoms with Gasteiger partial charge in [0.1, 0.15) is 0 Å². The second-order valence-corrected chi connectivity index (χ2v) is 4.83. The number of allylic oxidation sites excluding steroid dienone is 3. The molecule has 0 spiro atoms. The molecular weight excluding hydrogens is 272 g/mol. The summed E-state index contributed by atoms with van der Waals surface area (Å²) in [6.45, 7) is 3.66. The maximum absolute atomic E-state index is 12.0. The Labute approximate surface area is 122 Å². The van der Waals surface area contributed by atoms with E-state index < -0.39 is 10.9 Å². The van der Waals surface area contributed by atoms with Gasteiger partial charge in [0, 0.05) is 29.4 Å². The van der Waals surface area contributed by atoms with Gasteiger partial charge in [0.05, 0.1) is 17.6 Å². The molecule has 6 heteroatoms. The quantitative estimate of drug-likeness (QED) is 0.525. The van der Waals surface area contributed by atoms with Gasteiger partial charge in [-0.3, -0.25) is 10.1 Å². The number of ether oxygens (including phenoxy) is 1. The number of nitro benzene ring substituents is 1. The molecule has 6 nitrogen and oxygen atoms in total. The molecule has 21 heavy (non-hydrogen) atoms. The number of nitro groups is 1. The molecule has 0 aromatic heterocycles. The van der Waals surface area contributed by atoms with Crippen molar-refractivity contribution in [1.82, 2.24) is 5.32 Å². The third kappa shape index (κ3) is 2.94. The Balaban J connectivity index is 2.52. The molecule has 0 amide bonds. The van der Waals surface area contributed by atoms with Crippen LogP contribution < -0.4 is 5.32 Å². The van der Waals surface area contributed by atoms with Gasteiger partial charge >= 0.3 is 5.97 Å². The van der Waals surface area contributed by atoms with Crippen molar-refractivity contribution in [1.29, 1.82) is 0 Å². The number of carbonyl (C=O) groups excluding carboxylic acids is 1. The molecule has 1 aromatic rings. The Kier molecular flexibility index (Phi) is 4.07. The van der Waals surface area contributed by atoms with Gasteiger partial charge in [0.25, 0.3) is 5.69 Å². The third-order valence-electron chi connectivity index (χ3n) is 3.36. The molecule has 0 saturated heterocycles. The Morgan fingerprint density at radius 1 is 1.38 bits per heavy atom. The molecule has 0 bridgehead atoms. The summed E-state index contributed by atoms with van der Waals surface area (Å²) < 4.78 is 4.82. The smallest absolute Gasteiger partial charge is 0.336 e. The lowest BCUT2D eigenvalue weighted by Gasteiger charge is -2.25. The summed E-state index contributed by atoms with van der Waals surface area (Å²) in [5, 5.41) is 14.0. The number of methoxy groups -OCH3 is 1. The van der Waals surface area contributed by atoms with Gasteiger partial charge in [0.15, 0.2) is 0 Å². The lowest BCUT2D eigenvalue weighted by molar-refractivity contribution is -0.384. The molecule has 1 heterocycles. The van der Waals surface area contributed by atoms with Gasteiger partial charge in [-0.2, -0.15) is 0 Å². The fourth-order valence-corrected chi connectivity index (χ4v) is 2.46. The van der Waals surface area contributed by atoms with E-state index in [2.05, 4.69) is 5.32 Å². The van der Waals surface area contributed by atoms with Crippen molar-refractivity contribution in [3.8, 4) is 0 Å². The van der Waals surface area contributed by atoms with Crippen LogP contribution >= 0.6 is 0 Å². The molecule has 0 fully saturated rings. The number of carbonyl (C=O) groups is 1. The molecule has 1 aliphatic heterocycles. The van der Waals surface area contributed by atoms with Gasteiger partial charge in [-0.1, -0.05) is 18.2 Å². The van der Waals surface area contributed by atoms with E-state index in [0.29, 0.717) is 16.8 Å². The molecule has 1 atom stereocenters. The van der Waals surface area contributed by atoms with E-state index >= 15 is 0 Å². The first kappa shape index (κ1) is 14.8. The van der Waals surface area contributed by atoms with Crippen LogP contribution in [-0.4, -0.2) is 18.0 Å². The summed E-state index contributed by atoms with van der Waals surface area (Å²) in [5.74, 6) is -0.807. The first-order valence-corrected chi connectivity index (χ1v) is 6.43. The molecule has 2 rings (SSSR count). The number of dihydropyridines is 1. The minimum atomic E-state index is -0.449. The van der Waals surface area contributed by atoms with Gasteiger partial charge < -0.3 is 10.1 Å². The third-order valence-corrected chi connectivity index (χ3v) is 3.36. The summed E-state index contributed by atoms with van der Waals surface area (Å²) in [5.41, 5.74) is 2.72. The number of non-ortho nitro benzene ring substituents is 1. The molecule has 110 valence electrons. The highest BCUT2D eigenvalue weighted by Gasteiger charge is 2.28. The zero-order valence-electron chi connectivity index (χ0n) is 12.0. The van der Waals surface area contributed by atoms with E-state index in [-0.39, 0.29) is 11.6 Å². The number of nitrogens with one attached hydrogen (secondary N) is 1. The Morgan fingerprint density at radius 2 is 2.10 bits per heavy atom. The van der Waals surface area contributed by atoms with Crippen molar-refractivity contribution in [2.45, 2.75) is 19.8 Å². The van der Waals surface area contributed by atoms with Crippen LogP contribution in [0.25, 0.3) is 0 Å². The van der Waals surface area contributed by atoms with E-state index in [1.54, 1.807) is 19.1 Å². The molecule has 1 aliphatic rings. The van der Waals surface area contributed by atoms with E-state index in [0.717, 1.165) is 5.70 Å². The molecule has 1 aromatic carbocycles. The number of hydrogen-bond donors (Lipinski definition) is 1.